The van der Waals surface area contributed by atoms with Crippen molar-refractivity contribution in [3.63, 3.8) is 0 Å². The zero-order valence-electron chi connectivity index (χ0n) is 10.5. The quantitative estimate of drug-likeness (QED) is 0.890. The highest BCUT2D eigenvalue weighted by molar-refractivity contribution is 6.31. The number of rotatable bonds is 3. The van der Waals surface area contributed by atoms with Gasteiger partial charge in [-0.1, -0.05) is 11.6 Å². The molecule has 1 heterocycles. The Hall–Kier alpha value is -1.75. The molecule has 1 unspecified atom stereocenters. The number of hydrogen-bond donors (Lipinski definition) is 2. The first-order chi connectivity index (χ1) is 8.97. The van der Waals surface area contributed by atoms with E-state index in [1.165, 1.54) is 6.07 Å². The number of piperidine rings is 1. The van der Waals surface area contributed by atoms with Crippen LogP contribution < -0.4 is 5.32 Å². The van der Waals surface area contributed by atoms with Crippen LogP contribution >= 0.6 is 11.6 Å². The molecule has 1 amide bonds. The summed E-state index contributed by atoms with van der Waals surface area (Å²) in [5.41, 5.74) is 0.678. The first-order valence-electron chi connectivity index (χ1n) is 6.00. The fourth-order valence-electron chi connectivity index (χ4n) is 2.17. The first kappa shape index (κ1) is 13.7. The summed E-state index contributed by atoms with van der Waals surface area (Å²) in [7, 11) is 1.75. The van der Waals surface area contributed by atoms with Gasteiger partial charge in [0.1, 0.15) is 0 Å². The maximum absolute atomic E-state index is 11.4. The molecule has 0 radical (unpaired) electrons. The lowest BCUT2D eigenvalue weighted by Crippen LogP contribution is -2.43. The fraction of sp³-hybridized carbons (Fsp3) is 0.385. The predicted molar refractivity (Wildman–Crippen MR) is 72.7 cm³/mol. The standard InChI is InChI=1S/C13H15ClN2O3/c1-16-7-9(3-5-12(16)17)15-11-4-2-8(14)6-10(11)13(18)19/h2,4,6,9,15H,3,5,7H2,1H3,(H,18,19). The zero-order valence-corrected chi connectivity index (χ0v) is 11.3. The highest BCUT2D eigenvalue weighted by atomic mass is 35.5. The van der Waals surface area contributed by atoms with Crippen molar-refractivity contribution in [1.82, 2.24) is 4.90 Å². The van der Waals surface area contributed by atoms with Gasteiger partial charge in [0.05, 0.1) is 5.56 Å². The Labute approximate surface area is 116 Å². The van der Waals surface area contributed by atoms with Gasteiger partial charge in [-0.25, -0.2) is 4.79 Å². The Balaban J connectivity index is 2.15. The van der Waals surface area contributed by atoms with Crippen molar-refractivity contribution in [2.24, 2.45) is 0 Å². The molecular formula is C13H15ClN2O3. The lowest BCUT2D eigenvalue weighted by molar-refractivity contribution is -0.132. The van der Waals surface area contributed by atoms with Crippen LogP contribution in [0.5, 0.6) is 0 Å². The molecule has 5 nitrogen and oxygen atoms in total. The van der Waals surface area contributed by atoms with Crippen LogP contribution in [0.3, 0.4) is 0 Å². The van der Waals surface area contributed by atoms with Crippen molar-refractivity contribution >= 4 is 29.2 Å². The SMILES string of the molecule is CN1CC(Nc2ccc(Cl)cc2C(=O)O)CCC1=O. The molecule has 0 aromatic heterocycles. The zero-order chi connectivity index (χ0) is 14.0. The van der Waals surface area contributed by atoms with Crippen LogP contribution in [0.2, 0.25) is 5.02 Å². The summed E-state index contributed by atoms with van der Waals surface area (Å²) in [5, 5.41) is 12.7. The molecule has 0 aliphatic carbocycles. The highest BCUT2D eigenvalue weighted by Gasteiger charge is 2.23. The van der Waals surface area contributed by atoms with Crippen LogP contribution in [-0.4, -0.2) is 41.5 Å². The molecule has 0 spiro atoms. The van der Waals surface area contributed by atoms with E-state index in [1.54, 1.807) is 24.1 Å². The van der Waals surface area contributed by atoms with Gasteiger partial charge in [-0.3, -0.25) is 4.79 Å². The number of likely N-dealkylation sites (N-methyl/N-ethyl adjacent to an activating group) is 1. The summed E-state index contributed by atoms with van der Waals surface area (Å²) in [6, 6.07) is 4.78. The summed E-state index contributed by atoms with van der Waals surface area (Å²) < 4.78 is 0. The van der Waals surface area contributed by atoms with E-state index in [2.05, 4.69) is 5.32 Å². The van der Waals surface area contributed by atoms with Gasteiger partial charge in [0.15, 0.2) is 0 Å². The maximum Gasteiger partial charge on any atom is 0.337 e. The number of nitrogens with zero attached hydrogens (tertiary/aromatic N) is 1. The fourth-order valence-corrected chi connectivity index (χ4v) is 2.34. The normalized spacial score (nSPS) is 19.4. The number of hydrogen-bond acceptors (Lipinski definition) is 3. The number of carbonyl (C=O) groups excluding carboxylic acids is 1. The molecular weight excluding hydrogens is 268 g/mol. The second-order valence-electron chi connectivity index (χ2n) is 4.65. The van der Waals surface area contributed by atoms with Gasteiger partial charge in [-0.05, 0) is 24.6 Å². The highest BCUT2D eigenvalue weighted by Crippen LogP contribution is 2.23. The Morgan fingerprint density at radius 1 is 1.53 bits per heavy atom. The van der Waals surface area contributed by atoms with E-state index in [4.69, 9.17) is 16.7 Å². The van der Waals surface area contributed by atoms with Gasteiger partial charge in [0, 0.05) is 36.8 Å². The Kier molecular flexibility index (Phi) is 3.95. The number of carbonyl (C=O) groups is 2. The van der Waals surface area contributed by atoms with E-state index in [-0.39, 0.29) is 17.5 Å². The molecule has 102 valence electrons. The van der Waals surface area contributed by atoms with Gasteiger partial charge in [0.2, 0.25) is 5.91 Å². The molecule has 2 rings (SSSR count). The van der Waals surface area contributed by atoms with E-state index < -0.39 is 5.97 Å². The van der Waals surface area contributed by atoms with Crippen molar-refractivity contribution in [3.05, 3.63) is 28.8 Å². The number of nitrogens with one attached hydrogen (secondary N) is 1. The molecule has 2 N–H and O–H groups in total. The number of aromatic carboxylic acids is 1. The van der Waals surface area contributed by atoms with Gasteiger partial charge in [-0.2, -0.15) is 0 Å². The minimum atomic E-state index is -1.02. The summed E-state index contributed by atoms with van der Waals surface area (Å²) in [4.78, 5) is 24.2. The van der Waals surface area contributed by atoms with Gasteiger partial charge in [0.25, 0.3) is 0 Å². The Bertz CT molecular complexity index is 519. The summed E-state index contributed by atoms with van der Waals surface area (Å²) >= 11 is 5.80. The molecule has 6 heteroatoms. The molecule has 0 bridgehead atoms. The monoisotopic (exact) mass is 282 g/mol. The van der Waals surface area contributed by atoms with E-state index in [0.29, 0.717) is 30.1 Å². The van der Waals surface area contributed by atoms with Crippen LogP contribution in [0.15, 0.2) is 18.2 Å². The van der Waals surface area contributed by atoms with E-state index in [9.17, 15) is 9.59 Å². The molecule has 1 atom stereocenters. The van der Waals surface area contributed by atoms with Gasteiger partial charge in [-0.15, -0.1) is 0 Å². The summed E-state index contributed by atoms with van der Waals surface area (Å²) in [5.74, 6) is -0.905. The lowest BCUT2D eigenvalue weighted by Gasteiger charge is -2.31. The molecule has 1 aliphatic rings. The summed E-state index contributed by atoms with van der Waals surface area (Å²) in [6.45, 7) is 0.570. The summed E-state index contributed by atoms with van der Waals surface area (Å²) in [6.07, 6.45) is 1.18. The molecule has 0 saturated carbocycles. The van der Waals surface area contributed by atoms with Crippen molar-refractivity contribution in [3.8, 4) is 0 Å². The van der Waals surface area contributed by atoms with E-state index in [0.717, 1.165) is 0 Å². The second kappa shape index (κ2) is 5.48. The molecule has 1 saturated heterocycles. The number of halogens is 1. The van der Waals surface area contributed by atoms with Gasteiger partial charge >= 0.3 is 5.97 Å². The number of amides is 1. The van der Waals surface area contributed by atoms with Crippen LogP contribution in [0.1, 0.15) is 23.2 Å². The average molecular weight is 283 g/mol. The molecule has 1 fully saturated rings. The van der Waals surface area contributed by atoms with Crippen molar-refractivity contribution in [2.45, 2.75) is 18.9 Å². The minimum Gasteiger partial charge on any atom is -0.478 e. The number of benzene rings is 1. The molecule has 1 aliphatic heterocycles. The third kappa shape index (κ3) is 3.17. The van der Waals surface area contributed by atoms with Crippen molar-refractivity contribution in [2.75, 3.05) is 18.9 Å². The second-order valence-corrected chi connectivity index (χ2v) is 5.09. The van der Waals surface area contributed by atoms with Gasteiger partial charge < -0.3 is 15.3 Å². The number of anilines is 1. The van der Waals surface area contributed by atoms with Crippen LogP contribution in [0.4, 0.5) is 5.69 Å². The predicted octanol–water partition coefficient (Wildman–Crippen LogP) is 2.07. The number of carboxylic acid groups (broad SMARTS) is 1. The van der Waals surface area contributed by atoms with Crippen LogP contribution in [0, 0.1) is 0 Å². The number of likely N-dealkylation sites (tertiary alicyclic amines) is 1. The topological polar surface area (TPSA) is 69.6 Å². The van der Waals surface area contributed by atoms with Crippen molar-refractivity contribution < 1.29 is 14.7 Å². The van der Waals surface area contributed by atoms with Crippen LogP contribution in [0.25, 0.3) is 0 Å². The van der Waals surface area contributed by atoms with Crippen molar-refractivity contribution in [1.29, 1.82) is 0 Å². The third-order valence-electron chi connectivity index (χ3n) is 3.20. The van der Waals surface area contributed by atoms with Crippen LogP contribution in [-0.2, 0) is 4.79 Å². The first-order valence-corrected chi connectivity index (χ1v) is 6.38. The number of carboxylic acids is 1. The molecule has 1 aromatic carbocycles. The largest absolute Gasteiger partial charge is 0.478 e. The maximum atomic E-state index is 11.4. The Morgan fingerprint density at radius 3 is 2.89 bits per heavy atom. The minimum absolute atomic E-state index is 0.0574. The third-order valence-corrected chi connectivity index (χ3v) is 3.43. The molecule has 1 aromatic rings. The van der Waals surface area contributed by atoms with E-state index >= 15 is 0 Å². The lowest BCUT2D eigenvalue weighted by atomic mass is 10.0. The average Bonchev–Trinajstić information content (AvgIpc) is 2.36. The van der Waals surface area contributed by atoms with E-state index in [1.807, 2.05) is 0 Å². The Morgan fingerprint density at radius 2 is 2.26 bits per heavy atom. The molecule has 19 heavy (non-hydrogen) atoms. The smallest absolute Gasteiger partial charge is 0.337 e.